The minimum atomic E-state index is -0.845. The van der Waals surface area contributed by atoms with Crippen molar-refractivity contribution in [3.8, 4) is 5.75 Å². The number of halogens is 2. The van der Waals surface area contributed by atoms with Crippen LogP contribution >= 0.6 is 24.8 Å². The minimum Gasteiger partial charge on any atom is -0.497 e. The predicted octanol–water partition coefficient (Wildman–Crippen LogP) is 5.47. The van der Waals surface area contributed by atoms with Crippen molar-refractivity contribution in [3.05, 3.63) is 65.7 Å². The molecule has 2 atom stereocenters. The van der Waals surface area contributed by atoms with Gasteiger partial charge in [0, 0.05) is 31.1 Å². The second-order valence-electron chi connectivity index (χ2n) is 9.77. The van der Waals surface area contributed by atoms with Crippen molar-refractivity contribution in [3.63, 3.8) is 0 Å². The molecular weight excluding hydrogens is 455 g/mol. The van der Waals surface area contributed by atoms with Crippen LogP contribution in [-0.4, -0.2) is 55.7 Å². The van der Waals surface area contributed by atoms with E-state index in [1.54, 1.807) is 7.11 Å². The first-order valence-electron chi connectivity index (χ1n) is 11.8. The smallest absolute Gasteiger partial charge is 0.119 e. The van der Waals surface area contributed by atoms with E-state index in [9.17, 15) is 5.11 Å². The highest BCUT2D eigenvalue weighted by atomic mass is 35.5. The average molecular weight is 496 g/mol. The van der Waals surface area contributed by atoms with Gasteiger partial charge in [-0.05, 0) is 56.6 Å². The van der Waals surface area contributed by atoms with Crippen LogP contribution in [0.3, 0.4) is 0 Å². The van der Waals surface area contributed by atoms with E-state index < -0.39 is 5.60 Å². The molecule has 2 aromatic rings. The fraction of sp³-hybridized carbons (Fsp3) is 0.556. The Morgan fingerprint density at radius 1 is 0.939 bits per heavy atom. The SMILES string of the molecule is COc1cccc(C2(O)CCN(C3(c4ccccc4)CCCCC3)CC2CN(C)C)c1.Cl.Cl. The number of likely N-dealkylation sites (tertiary alicyclic amines) is 1. The van der Waals surface area contributed by atoms with Gasteiger partial charge in [-0.1, -0.05) is 61.7 Å². The maximum Gasteiger partial charge on any atom is 0.119 e. The van der Waals surface area contributed by atoms with Crippen molar-refractivity contribution in [1.82, 2.24) is 9.80 Å². The monoisotopic (exact) mass is 494 g/mol. The van der Waals surface area contributed by atoms with E-state index in [1.807, 2.05) is 18.2 Å². The van der Waals surface area contributed by atoms with Crippen molar-refractivity contribution in [2.45, 2.75) is 49.7 Å². The Morgan fingerprint density at radius 3 is 2.24 bits per heavy atom. The summed E-state index contributed by atoms with van der Waals surface area (Å²) in [5, 5.41) is 12.0. The largest absolute Gasteiger partial charge is 0.497 e. The van der Waals surface area contributed by atoms with Gasteiger partial charge in [0.05, 0.1) is 12.7 Å². The lowest BCUT2D eigenvalue weighted by molar-refractivity contribution is -0.115. The van der Waals surface area contributed by atoms with Crippen molar-refractivity contribution in [2.24, 2.45) is 5.92 Å². The number of hydrogen-bond acceptors (Lipinski definition) is 4. The van der Waals surface area contributed by atoms with Gasteiger partial charge >= 0.3 is 0 Å². The number of ether oxygens (including phenoxy) is 1. The minimum absolute atomic E-state index is 0. The van der Waals surface area contributed by atoms with Crippen LogP contribution in [0.5, 0.6) is 5.75 Å². The molecule has 2 aliphatic rings. The molecule has 2 unspecified atom stereocenters. The van der Waals surface area contributed by atoms with E-state index in [2.05, 4.69) is 60.3 Å². The molecule has 1 N–H and O–H groups in total. The topological polar surface area (TPSA) is 35.9 Å². The van der Waals surface area contributed by atoms with Crippen LogP contribution in [0.4, 0.5) is 0 Å². The molecule has 4 rings (SSSR count). The summed E-state index contributed by atoms with van der Waals surface area (Å²) in [6.07, 6.45) is 7.06. The summed E-state index contributed by atoms with van der Waals surface area (Å²) in [6, 6.07) is 19.1. The Balaban J connectivity index is 0.00000193. The van der Waals surface area contributed by atoms with Gasteiger partial charge in [-0.3, -0.25) is 4.90 Å². The summed E-state index contributed by atoms with van der Waals surface area (Å²) < 4.78 is 5.47. The third-order valence-electron chi connectivity index (χ3n) is 7.63. The molecule has 2 aromatic carbocycles. The third kappa shape index (κ3) is 5.68. The molecule has 1 saturated carbocycles. The molecule has 33 heavy (non-hydrogen) atoms. The number of methoxy groups -OCH3 is 1. The van der Waals surface area contributed by atoms with Gasteiger partial charge in [-0.2, -0.15) is 0 Å². The number of rotatable bonds is 6. The van der Waals surface area contributed by atoms with Gasteiger partial charge in [0.1, 0.15) is 5.75 Å². The molecule has 1 aliphatic carbocycles. The maximum absolute atomic E-state index is 12.0. The second-order valence-corrected chi connectivity index (χ2v) is 9.77. The lowest BCUT2D eigenvalue weighted by Gasteiger charge is -2.54. The number of nitrogens with zero attached hydrogens (tertiary/aromatic N) is 2. The summed E-state index contributed by atoms with van der Waals surface area (Å²) in [5.74, 6) is 0.941. The van der Waals surface area contributed by atoms with Gasteiger partial charge < -0.3 is 14.7 Å². The zero-order valence-corrected chi connectivity index (χ0v) is 21.8. The number of benzene rings is 2. The Hall–Kier alpha value is -1.30. The van der Waals surface area contributed by atoms with Crippen LogP contribution in [0.2, 0.25) is 0 Å². The van der Waals surface area contributed by atoms with Crippen LogP contribution in [-0.2, 0) is 11.1 Å². The van der Waals surface area contributed by atoms with Gasteiger partial charge in [-0.15, -0.1) is 24.8 Å². The summed E-state index contributed by atoms with van der Waals surface area (Å²) >= 11 is 0. The predicted molar refractivity (Wildman–Crippen MR) is 141 cm³/mol. The fourth-order valence-corrected chi connectivity index (χ4v) is 6.00. The van der Waals surface area contributed by atoms with Crippen molar-refractivity contribution in [2.75, 3.05) is 40.8 Å². The van der Waals surface area contributed by atoms with E-state index in [4.69, 9.17) is 4.74 Å². The van der Waals surface area contributed by atoms with E-state index in [1.165, 1.54) is 37.7 Å². The molecule has 1 saturated heterocycles. The number of piperidine rings is 1. The molecule has 1 heterocycles. The first-order valence-corrected chi connectivity index (χ1v) is 11.8. The molecule has 2 fully saturated rings. The van der Waals surface area contributed by atoms with E-state index in [-0.39, 0.29) is 36.3 Å². The van der Waals surface area contributed by atoms with Gasteiger partial charge in [0.25, 0.3) is 0 Å². The Labute approximate surface area is 212 Å². The van der Waals surface area contributed by atoms with E-state index in [0.717, 1.165) is 37.4 Å². The summed E-state index contributed by atoms with van der Waals surface area (Å²) in [7, 11) is 5.91. The third-order valence-corrected chi connectivity index (χ3v) is 7.63. The molecule has 184 valence electrons. The first kappa shape index (κ1) is 27.9. The van der Waals surface area contributed by atoms with Gasteiger partial charge in [0.15, 0.2) is 0 Å². The molecule has 0 bridgehead atoms. The van der Waals surface area contributed by atoms with Crippen molar-refractivity contribution in [1.29, 1.82) is 0 Å². The van der Waals surface area contributed by atoms with Crippen LogP contribution in [0.1, 0.15) is 49.7 Å². The molecule has 0 radical (unpaired) electrons. The Morgan fingerprint density at radius 2 is 1.61 bits per heavy atom. The lowest BCUT2D eigenvalue weighted by Crippen LogP contribution is -2.59. The fourth-order valence-electron chi connectivity index (χ4n) is 6.00. The standard InChI is InChI=1S/C27H38N2O2.2ClH/c1-28(2)20-24-21-29(18-17-27(24,30)23-13-10-14-25(19-23)31-3)26(15-8-5-9-16-26)22-11-6-4-7-12-22;;/h4,6-7,10-14,19,24,30H,5,8-9,15-18,20-21H2,1-3H3;2*1H. The van der Waals surface area contributed by atoms with E-state index in [0.29, 0.717) is 0 Å². The van der Waals surface area contributed by atoms with Crippen molar-refractivity contribution >= 4 is 24.8 Å². The molecule has 1 aliphatic heterocycles. The van der Waals surface area contributed by atoms with Crippen molar-refractivity contribution < 1.29 is 9.84 Å². The van der Waals surface area contributed by atoms with Gasteiger partial charge in [0.2, 0.25) is 0 Å². The summed E-state index contributed by atoms with van der Waals surface area (Å²) in [6.45, 7) is 2.67. The molecule has 0 amide bonds. The molecule has 6 heteroatoms. The second kappa shape index (κ2) is 11.9. The first-order chi connectivity index (χ1) is 15.0. The zero-order valence-electron chi connectivity index (χ0n) is 20.2. The highest BCUT2D eigenvalue weighted by Crippen LogP contribution is 2.47. The van der Waals surface area contributed by atoms with Crippen LogP contribution < -0.4 is 4.74 Å². The normalized spacial score (nSPS) is 25.1. The molecular formula is C27H40Cl2N2O2. The number of aliphatic hydroxyl groups is 1. The maximum atomic E-state index is 12.0. The summed E-state index contributed by atoms with van der Waals surface area (Å²) in [5.41, 5.74) is 1.68. The van der Waals surface area contributed by atoms with Crippen LogP contribution in [0.15, 0.2) is 54.6 Å². The highest BCUT2D eigenvalue weighted by Gasteiger charge is 2.49. The van der Waals surface area contributed by atoms with Crippen LogP contribution in [0.25, 0.3) is 0 Å². The average Bonchev–Trinajstić information content (AvgIpc) is 2.81. The van der Waals surface area contributed by atoms with Crippen LogP contribution in [0, 0.1) is 5.92 Å². The summed E-state index contributed by atoms with van der Waals surface area (Å²) in [4.78, 5) is 4.93. The number of hydrogen-bond donors (Lipinski definition) is 1. The van der Waals surface area contributed by atoms with E-state index >= 15 is 0 Å². The quantitative estimate of drug-likeness (QED) is 0.577. The Bertz CT molecular complexity index is 858. The van der Waals surface area contributed by atoms with Gasteiger partial charge in [-0.25, -0.2) is 0 Å². The molecule has 0 aromatic heterocycles. The zero-order chi connectivity index (χ0) is 21.9. The lowest BCUT2D eigenvalue weighted by atomic mass is 9.70. The Kier molecular flexibility index (Phi) is 10.1. The molecule has 4 nitrogen and oxygen atoms in total. The molecule has 0 spiro atoms. The highest BCUT2D eigenvalue weighted by molar-refractivity contribution is 5.85.